The van der Waals surface area contributed by atoms with E-state index < -0.39 is 5.97 Å². The van der Waals surface area contributed by atoms with Crippen LogP contribution in [0.3, 0.4) is 0 Å². The van der Waals surface area contributed by atoms with Crippen LogP contribution >= 0.6 is 22.7 Å². The van der Waals surface area contributed by atoms with Crippen molar-refractivity contribution in [1.82, 2.24) is 9.97 Å². The fourth-order valence-electron chi connectivity index (χ4n) is 1.36. The monoisotopic (exact) mass is 283 g/mol. The van der Waals surface area contributed by atoms with Crippen molar-refractivity contribution in [3.05, 3.63) is 27.3 Å². The van der Waals surface area contributed by atoms with E-state index in [1.807, 2.05) is 13.1 Å². The number of aromatic nitrogens is 2. The van der Waals surface area contributed by atoms with Crippen LogP contribution in [0, 0.1) is 6.92 Å². The molecular formula is C11H13N3O2S2. The predicted molar refractivity (Wildman–Crippen MR) is 72.2 cm³/mol. The van der Waals surface area contributed by atoms with Crippen molar-refractivity contribution in [1.29, 1.82) is 0 Å². The van der Waals surface area contributed by atoms with Crippen LogP contribution < -0.4 is 5.32 Å². The van der Waals surface area contributed by atoms with Crippen LogP contribution in [0.5, 0.6) is 0 Å². The summed E-state index contributed by atoms with van der Waals surface area (Å²) in [6.45, 7) is 4.72. The smallest absolute Gasteiger partial charge is 0.360 e. The number of nitrogens with one attached hydrogen (secondary N) is 1. The zero-order chi connectivity index (χ0) is 13.0. The maximum absolute atomic E-state index is 11.6. The molecule has 0 spiro atoms. The number of hydrogen-bond donors (Lipinski definition) is 1. The number of carbonyl (C=O) groups excluding carboxylic acids is 1. The van der Waals surface area contributed by atoms with Gasteiger partial charge in [-0.15, -0.1) is 22.7 Å². The maximum Gasteiger partial charge on any atom is 0.360 e. The van der Waals surface area contributed by atoms with Crippen molar-refractivity contribution in [3.63, 3.8) is 0 Å². The average molecular weight is 283 g/mol. The van der Waals surface area contributed by atoms with Gasteiger partial charge in [-0.1, -0.05) is 0 Å². The van der Waals surface area contributed by atoms with Crippen LogP contribution in [-0.4, -0.2) is 22.5 Å². The highest BCUT2D eigenvalue weighted by Gasteiger charge is 2.15. The van der Waals surface area contributed by atoms with Crippen molar-refractivity contribution in [3.8, 4) is 0 Å². The van der Waals surface area contributed by atoms with Gasteiger partial charge in [0.1, 0.15) is 10.0 Å². The Morgan fingerprint density at radius 1 is 1.50 bits per heavy atom. The number of nitrogens with zero attached hydrogens (tertiary/aromatic N) is 2. The Bertz CT molecular complexity index is 536. The third-order valence-electron chi connectivity index (χ3n) is 2.11. The number of aryl methyl sites for hydroxylation is 1. The minimum atomic E-state index is -0.392. The summed E-state index contributed by atoms with van der Waals surface area (Å²) in [5, 5.41) is 4.87. The second kappa shape index (κ2) is 5.92. The first-order valence-corrected chi connectivity index (χ1v) is 7.16. The van der Waals surface area contributed by atoms with Gasteiger partial charge in [0, 0.05) is 11.1 Å². The lowest BCUT2D eigenvalue weighted by Gasteiger charge is -2.03. The van der Waals surface area contributed by atoms with Gasteiger partial charge in [0.15, 0.2) is 5.69 Å². The van der Waals surface area contributed by atoms with Gasteiger partial charge in [0.25, 0.3) is 0 Å². The number of ether oxygens (including phenoxy) is 1. The lowest BCUT2D eigenvalue weighted by Crippen LogP contribution is -2.08. The minimum Gasteiger partial charge on any atom is -0.461 e. The van der Waals surface area contributed by atoms with Gasteiger partial charge in [-0.2, -0.15) is 0 Å². The lowest BCUT2D eigenvalue weighted by atomic mass is 10.4. The largest absolute Gasteiger partial charge is 0.461 e. The van der Waals surface area contributed by atoms with E-state index in [0.29, 0.717) is 18.8 Å². The molecule has 0 aromatic carbocycles. The molecule has 0 fully saturated rings. The third-order valence-corrected chi connectivity index (χ3v) is 3.80. The quantitative estimate of drug-likeness (QED) is 0.855. The zero-order valence-electron chi connectivity index (χ0n) is 10.1. The van der Waals surface area contributed by atoms with Crippen molar-refractivity contribution in [2.75, 3.05) is 11.9 Å². The van der Waals surface area contributed by atoms with Crippen molar-refractivity contribution in [2.45, 2.75) is 20.4 Å². The number of esters is 1. The van der Waals surface area contributed by atoms with Crippen molar-refractivity contribution < 1.29 is 9.53 Å². The standard InChI is InChI=1S/C11H13N3O2S2/c1-3-16-11(15)9-10(17-6-14-9)13-5-8-12-4-7(2)18-8/h4,6,13H,3,5H2,1-2H3. The first kappa shape index (κ1) is 13.0. The Hall–Kier alpha value is -1.47. The summed E-state index contributed by atoms with van der Waals surface area (Å²) < 4.78 is 4.94. The van der Waals surface area contributed by atoms with E-state index >= 15 is 0 Å². The van der Waals surface area contributed by atoms with E-state index in [0.717, 1.165) is 10.0 Å². The number of hydrogen-bond acceptors (Lipinski definition) is 7. The molecule has 2 aromatic heterocycles. The second-order valence-electron chi connectivity index (χ2n) is 3.47. The Balaban J connectivity index is 2.01. The molecule has 96 valence electrons. The molecule has 1 N–H and O–H groups in total. The molecule has 0 aliphatic heterocycles. The summed E-state index contributed by atoms with van der Waals surface area (Å²) >= 11 is 3.01. The van der Waals surface area contributed by atoms with E-state index in [-0.39, 0.29) is 0 Å². The molecule has 2 aromatic rings. The minimum absolute atomic E-state index is 0.343. The number of thiazole rings is 2. The van der Waals surface area contributed by atoms with Crippen LogP contribution in [0.2, 0.25) is 0 Å². The fourth-order valence-corrected chi connectivity index (χ4v) is 2.75. The molecule has 7 heteroatoms. The van der Waals surface area contributed by atoms with Gasteiger partial charge in [-0.05, 0) is 13.8 Å². The normalized spacial score (nSPS) is 10.3. The van der Waals surface area contributed by atoms with E-state index in [2.05, 4.69) is 15.3 Å². The molecule has 0 unspecified atom stereocenters. The predicted octanol–water partition coefficient (Wildman–Crippen LogP) is 2.70. The molecule has 5 nitrogen and oxygen atoms in total. The van der Waals surface area contributed by atoms with Gasteiger partial charge in [0.2, 0.25) is 0 Å². The Morgan fingerprint density at radius 3 is 3.00 bits per heavy atom. The molecule has 0 bridgehead atoms. The number of rotatable bonds is 5. The number of anilines is 1. The highest BCUT2D eigenvalue weighted by Crippen LogP contribution is 2.22. The van der Waals surface area contributed by atoms with Gasteiger partial charge in [-0.25, -0.2) is 14.8 Å². The molecule has 0 atom stereocenters. The molecule has 2 heterocycles. The topological polar surface area (TPSA) is 64.1 Å². The SMILES string of the molecule is CCOC(=O)c1ncsc1NCc1ncc(C)s1. The third kappa shape index (κ3) is 3.05. The van der Waals surface area contributed by atoms with Crippen molar-refractivity contribution in [2.24, 2.45) is 0 Å². The van der Waals surface area contributed by atoms with Crippen LogP contribution in [-0.2, 0) is 11.3 Å². The van der Waals surface area contributed by atoms with E-state index in [1.165, 1.54) is 16.2 Å². The van der Waals surface area contributed by atoms with Crippen LogP contribution in [0.15, 0.2) is 11.7 Å². The molecule has 0 radical (unpaired) electrons. The highest BCUT2D eigenvalue weighted by molar-refractivity contribution is 7.14. The van der Waals surface area contributed by atoms with E-state index in [4.69, 9.17) is 4.74 Å². The first-order valence-electron chi connectivity index (χ1n) is 5.46. The van der Waals surface area contributed by atoms with Gasteiger partial charge < -0.3 is 10.1 Å². The van der Waals surface area contributed by atoms with Gasteiger partial charge in [-0.3, -0.25) is 0 Å². The van der Waals surface area contributed by atoms with E-state index in [9.17, 15) is 4.79 Å². The molecule has 0 amide bonds. The van der Waals surface area contributed by atoms with Gasteiger partial charge >= 0.3 is 5.97 Å². The fraction of sp³-hybridized carbons (Fsp3) is 0.364. The van der Waals surface area contributed by atoms with Crippen molar-refractivity contribution >= 4 is 33.6 Å². The molecule has 0 aliphatic rings. The number of carbonyl (C=O) groups is 1. The Morgan fingerprint density at radius 2 is 2.33 bits per heavy atom. The molecular weight excluding hydrogens is 270 g/mol. The molecule has 2 rings (SSSR count). The van der Waals surface area contributed by atoms with E-state index in [1.54, 1.807) is 23.8 Å². The Kier molecular flexibility index (Phi) is 4.27. The molecule has 0 saturated heterocycles. The van der Waals surface area contributed by atoms with Gasteiger partial charge in [0.05, 0.1) is 18.7 Å². The summed E-state index contributed by atoms with van der Waals surface area (Å²) in [6.07, 6.45) is 1.83. The molecule has 0 aliphatic carbocycles. The lowest BCUT2D eigenvalue weighted by molar-refractivity contribution is 0.0521. The van der Waals surface area contributed by atoms with Crippen LogP contribution in [0.25, 0.3) is 0 Å². The average Bonchev–Trinajstić information content (AvgIpc) is 2.95. The summed E-state index contributed by atoms with van der Waals surface area (Å²) in [5.74, 6) is -0.392. The highest BCUT2D eigenvalue weighted by atomic mass is 32.1. The first-order chi connectivity index (χ1) is 8.70. The molecule has 18 heavy (non-hydrogen) atoms. The summed E-state index contributed by atoms with van der Waals surface area (Å²) in [4.78, 5) is 21.0. The Labute approximate surface area is 113 Å². The molecule has 0 saturated carbocycles. The van der Waals surface area contributed by atoms with Crippen LogP contribution in [0.1, 0.15) is 27.3 Å². The summed E-state index contributed by atoms with van der Waals surface area (Å²) in [6, 6.07) is 0. The van der Waals surface area contributed by atoms with Crippen LogP contribution in [0.4, 0.5) is 5.00 Å². The summed E-state index contributed by atoms with van der Waals surface area (Å²) in [5.41, 5.74) is 1.97. The maximum atomic E-state index is 11.6. The zero-order valence-corrected chi connectivity index (χ0v) is 11.7. The summed E-state index contributed by atoms with van der Waals surface area (Å²) in [7, 11) is 0. The second-order valence-corrected chi connectivity index (χ2v) is 5.64.